The first-order valence-corrected chi connectivity index (χ1v) is 8.52. The minimum atomic E-state index is -0.0464. The zero-order valence-electron chi connectivity index (χ0n) is 13.8. The average Bonchev–Trinajstić information content (AvgIpc) is 2.68. The zero-order chi connectivity index (χ0) is 17.1. The van der Waals surface area contributed by atoms with E-state index in [9.17, 15) is 4.79 Å². The van der Waals surface area contributed by atoms with Gasteiger partial charge in [-0.05, 0) is 41.8 Å². The molecule has 2 aromatic carbocycles. The maximum atomic E-state index is 12.9. The van der Waals surface area contributed by atoms with E-state index in [-0.39, 0.29) is 12.0 Å². The molecule has 0 spiro atoms. The van der Waals surface area contributed by atoms with Crippen LogP contribution in [0.5, 0.6) is 5.88 Å². The maximum Gasteiger partial charge on any atom is 0.254 e. The highest BCUT2D eigenvalue weighted by Gasteiger charge is 2.26. The fraction of sp³-hybridized carbons (Fsp3) is 0.250. The molecule has 1 atom stereocenters. The Morgan fingerprint density at radius 2 is 1.96 bits per heavy atom. The molecular formula is C20H19N3O2. The third kappa shape index (κ3) is 3.45. The molecule has 0 saturated carbocycles. The highest BCUT2D eigenvalue weighted by atomic mass is 16.5. The molecule has 1 saturated heterocycles. The normalized spacial score (nSPS) is 17.4. The molecule has 0 N–H and O–H groups in total. The minimum Gasteiger partial charge on any atom is -0.471 e. The molecule has 1 aliphatic rings. The maximum absolute atomic E-state index is 12.9. The van der Waals surface area contributed by atoms with Crippen molar-refractivity contribution in [3.8, 4) is 5.88 Å². The van der Waals surface area contributed by atoms with Gasteiger partial charge in [0.05, 0.1) is 6.54 Å². The van der Waals surface area contributed by atoms with Crippen molar-refractivity contribution in [3.63, 3.8) is 0 Å². The summed E-state index contributed by atoms with van der Waals surface area (Å²) in [6.45, 7) is 1.33. The summed E-state index contributed by atoms with van der Waals surface area (Å²) in [4.78, 5) is 14.8. The van der Waals surface area contributed by atoms with E-state index in [2.05, 4.69) is 16.3 Å². The number of likely N-dealkylation sites (tertiary alicyclic amines) is 1. The highest BCUT2D eigenvalue weighted by Crippen LogP contribution is 2.20. The molecule has 126 valence electrons. The predicted octanol–water partition coefficient (Wildman–Crippen LogP) is 3.31. The van der Waals surface area contributed by atoms with Crippen LogP contribution in [0.15, 0.2) is 60.8 Å². The standard InChI is InChI=1S/C20H19N3O2/c24-20(17-10-9-15-5-1-2-6-16(15)13-17)23-12-4-7-18(14-23)25-19-8-3-11-21-22-19/h1-3,5-6,8-11,13,18H,4,7,12,14H2. The van der Waals surface area contributed by atoms with E-state index in [1.54, 1.807) is 18.3 Å². The van der Waals surface area contributed by atoms with Gasteiger partial charge in [0.15, 0.2) is 0 Å². The van der Waals surface area contributed by atoms with Crippen LogP contribution in [0.1, 0.15) is 23.2 Å². The number of nitrogens with zero attached hydrogens (tertiary/aromatic N) is 3. The quantitative estimate of drug-likeness (QED) is 0.738. The van der Waals surface area contributed by atoms with Gasteiger partial charge in [-0.3, -0.25) is 4.79 Å². The second kappa shape index (κ2) is 6.89. The largest absolute Gasteiger partial charge is 0.471 e. The molecule has 25 heavy (non-hydrogen) atoms. The first-order chi connectivity index (χ1) is 12.3. The number of benzene rings is 2. The van der Waals surface area contributed by atoms with Crippen LogP contribution in [0.4, 0.5) is 0 Å². The fourth-order valence-corrected chi connectivity index (χ4v) is 3.24. The second-order valence-electron chi connectivity index (χ2n) is 6.26. The van der Waals surface area contributed by atoms with E-state index in [1.807, 2.05) is 41.3 Å². The molecule has 1 aliphatic heterocycles. The summed E-state index contributed by atoms with van der Waals surface area (Å²) in [5.41, 5.74) is 0.721. The number of hydrogen-bond acceptors (Lipinski definition) is 4. The number of amides is 1. The first kappa shape index (κ1) is 15.6. The van der Waals surface area contributed by atoms with Crippen molar-refractivity contribution in [2.45, 2.75) is 18.9 Å². The van der Waals surface area contributed by atoms with Gasteiger partial charge in [-0.25, -0.2) is 0 Å². The van der Waals surface area contributed by atoms with Crippen molar-refractivity contribution in [1.82, 2.24) is 15.1 Å². The molecule has 1 amide bonds. The summed E-state index contributed by atoms with van der Waals surface area (Å²) in [5, 5.41) is 10.0. The van der Waals surface area contributed by atoms with Gasteiger partial charge < -0.3 is 9.64 Å². The first-order valence-electron chi connectivity index (χ1n) is 8.52. The Labute approximate surface area is 146 Å². The summed E-state index contributed by atoms with van der Waals surface area (Å²) in [5.74, 6) is 0.561. The minimum absolute atomic E-state index is 0.0464. The number of carbonyl (C=O) groups excluding carboxylic acids is 1. The Morgan fingerprint density at radius 1 is 1.08 bits per heavy atom. The van der Waals surface area contributed by atoms with Crippen LogP contribution >= 0.6 is 0 Å². The molecule has 1 unspecified atom stereocenters. The third-order valence-electron chi connectivity index (χ3n) is 4.50. The highest BCUT2D eigenvalue weighted by molar-refractivity contribution is 5.98. The zero-order valence-corrected chi connectivity index (χ0v) is 13.8. The van der Waals surface area contributed by atoms with Crippen molar-refractivity contribution < 1.29 is 9.53 Å². The van der Waals surface area contributed by atoms with Crippen molar-refractivity contribution in [2.75, 3.05) is 13.1 Å². The Morgan fingerprint density at radius 3 is 2.80 bits per heavy atom. The number of hydrogen-bond donors (Lipinski definition) is 0. The Kier molecular flexibility index (Phi) is 4.29. The molecule has 5 nitrogen and oxygen atoms in total. The topological polar surface area (TPSA) is 55.3 Å². The van der Waals surface area contributed by atoms with Crippen LogP contribution in [-0.2, 0) is 0 Å². The summed E-state index contributed by atoms with van der Waals surface area (Å²) in [7, 11) is 0. The van der Waals surface area contributed by atoms with E-state index in [1.165, 1.54) is 0 Å². The lowest BCUT2D eigenvalue weighted by molar-refractivity contribution is 0.0525. The molecule has 0 bridgehead atoms. The lowest BCUT2D eigenvalue weighted by Crippen LogP contribution is -2.44. The lowest BCUT2D eigenvalue weighted by atomic mass is 10.0. The number of fused-ring (bicyclic) bond motifs is 1. The molecule has 0 radical (unpaired) electrons. The van der Waals surface area contributed by atoms with Gasteiger partial charge in [0.25, 0.3) is 5.91 Å². The number of aromatic nitrogens is 2. The molecule has 1 fully saturated rings. The predicted molar refractivity (Wildman–Crippen MR) is 95.5 cm³/mol. The molecule has 5 heteroatoms. The summed E-state index contributed by atoms with van der Waals surface area (Å²) in [6.07, 6.45) is 3.40. The average molecular weight is 333 g/mol. The van der Waals surface area contributed by atoms with Gasteiger partial charge >= 0.3 is 0 Å². The molecule has 0 aliphatic carbocycles. The number of ether oxygens (including phenoxy) is 1. The van der Waals surface area contributed by atoms with Crippen molar-refractivity contribution in [1.29, 1.82) is 0 Å². The van der Waals surface area contributed by atoms with E-state index in [4.69, 9.17) is 4.74 Å². The Hall–Kier alpha value is -2.95. The van der Waals surface area contributed by atoms with Gasteiger partial charge in [0.2, 0.25) is 5.88 Å². The van der Waals surface area contributed by atoms with Gasteiger partial charge in [-0.2, -0.15) is 5.10 Å². The molecular weight excluding hydrogens is 314 g/mol. The van der Waals surface area contributed by atoms with Crippen LogP contribution in [0.3, 0.4) is 0 Å². The van der Waals surface area contributed by atoms with Crippen LogP contribution in [0.25, 0.3) is 10.8 Å². The van der Waals surface area contributed by atoms with Crippen LogP contribution in [0, 0.1) is 0 Å². The Bertz CT molecular complexity index is 882. The molecule has 4 rings (SSSR count). The number of piperidine rings is 1. The lowest BCUT2D eigenvalue weighted by Gasteiger charge is -2.32. The molecule has 2 heterocycles. The fourth-order valence-electron chi connectivity index (χ4n) is 3.24. The van der Waals surface area contributed by atoms with Crippen molar-refractivity contribution in [2.24, 2.45) is 0 Å². The van der Waals surface area contributed by atoms with Crippen LogP contribution in [0.2, 0.25) is 0 Å². The van der Waals surface area contributed by atoms with E-state index >= 15 is 0 Å². The van der Waals surface area contributed by atoms with E-state index < -0.39 is 0 Å². The van der Waals surface area contributed by atoms with Gasteiger partial charge in [-0.1, -0.05) is 30.3 Å². The molecule has 3 aromatic rings. The summed E-state index contributed by atoms with van der Waals surface area (Å²) in [6, 6.07) is 17.5. The van der Waals surface area contributed by atoms with Gasteiger partial charge in [-0.15, -0.1) is 5.10 Å². The van der Waals surface area contributed by atoms with E-state index in [0.717, 1.165) is 35.7 Å². The third-order valence-corrected chi connectivity index (χ3v) is 4.50. The van der Waals surface area contributed by atoms with Gasteiger partial charge in [0.1, 0.15) is 6.10 Å². The SMILES string of the molecule is O=C(c1ccc2ccccc2c1)N1CCCC(Oc2cccnn2)C1. The number of rotatable bonds is 3. The number of carbonyl (C=O) groups is 1. The van der Waals surface area contributed by atoms with Crippen molar-refractivity contribution in [3.05, 3.63) is 66.4 Å². The second-order valence-corrected chi connectivity index (χ2v) is 6.26. The van der Waals surface area contributed by atoms with Crippen molar-refractivity contribution >= 4 is 16.7 Å². The summed E-state index contributed by atoms with van der Waals surface area (Å²) >= 11 is 0. The Balaban J connectivity index is 1.49. The smallest absolute Gasteiger partial charge is 0.254 e. The van der Waals surface area contributed by atoms with Crippen LogP contribution < -0.4 is 4.74 Å². The van der Waals surface area contributed by atoms with Crippen LogP contribution in [-0.4, -0.2) is 40.2 Å². The monoisotopic (exact) mass is 333 g/mol. The summed E-state index contributed by atoms with van der Waals surface area (Å²) < 4.78 is 5.87. The van der Waals surface area contributed by atoms with E-state index in [0.29, 0.717) is 12.4 Å². The molecule has 1 aromatic heterocycles. The van der Waals surface area contributed by atoms with Gasteiger partial charge in [0, 0.05) is 24.4 Å².